The van der Waals surface area contributed by atoms with Crippen LogP contribution in [0.2, 0.25) is 0 Å². The Kier molecular flexibility index (Phi) is 19.2. The van der Waals surface area contributed by atoms with E-state index in [-0.39, 0.29) is 0 Å². The van der Waals surface area contributed by atoms with Crippen molar-refractivity contribution >= 4 is 17.8 Å². The van der Waals surface area contributed by atoms with Gasteiger partial charge in [0.15, 0.2) is 49.9 Å². The molecule has 0 aromatic rings. The van der Waals surface area contributed by atoms with Crippen LogP contribution in [-0.2, 0) is 66.5 Å². The Morgan fingerprint density at radius 3 is 1.34 bits per heavy atom. The fourth-order valence-corrected chi connectivity index (χ4v) is 8.54. The highest BCUT2D eigenvalue weighted by Gasteiger charge is 2.59. The lowest BCUT2D eigenvalue weighted by atomic mass is 9.94. The van der Waals surface area contributed by atoms with Gasteiger partial charge in [0.2, 0.25) is 5.91 Å². The molecule has 33 heteroatoms. The van der Waals surface area contributed by atoms with Gasteiger partial charge in [0.25, 0.3) is 0 Å². The fraction of sp³-hybridized carbons (Fsp3) is 0.919. The molecule has 6 saturated heterocycles. The number of carboxylic acid groups (broad SMARTS) is 2. The normalized spacial score (nSPS) is 50.3. The van der Waals surface area contributed by atoms with Crippen molar-refractivity contribution in [2.24, 2.45) is 0 Å². The van der Waals surface area contributed by atoms with Crippen LogP contribution in [-0.4, -0.2) is 314 Å². The molecule has 1 amide bonds. The van der Waals surface area contributed by atoms with Gasteiger partial charge in [0.1, 0.15) is 128 Å². The van der Waals surface area contributed by atoms with Crippen LogP contribution >= 0.6 is 0 Å². The largest absolute Gasteiger partial charge is 0.479 e. The molecule has 70 heavy (non-hydrogen) atoms. The van der Waals surface area contributed by atoms with Crippen molar-refractivity contribution in [2.75, 3.05) is 26.4 Å². The highest BCUT2D eigenvalue weighted by atomic mass is 16.8. The summed E-state index contributed by atoms with van der Waals surface area (Å²) in [7, 11) is 0. The van der Waals surface area contributed by atoms with E-state index in [2.05, 4.69) is 5.32 Å². The van der Waals surface area contributed by atoms with Gasteiger partial charge in [-0.15, -0.1) is 0 Å². The number of rotatable bonds is 16. The van der Waals surface area contributed by atoms with Gasteiger partial charge in [-0.2, -0.15) is 0 Å². The number of hydrogen-bond acceptors (Lipinski definition) is 30. The predicted octanol–water partition coefficient (Wildman–Crippen LogP) is -13.1. The second kappa shape index (κ2) is 23.7. The third-order valence-corrected chi connectivity index (χ3v) is 12.4. The van der Waals surface area contributed by atoms with Gasteiger partial charge in [0.05, 0.1) is 26.4 Å². The van der Waals surface area contributed by atoms with Crippen molar-refractivity contribution in [1.82, 2.24) is 5.32 Å². The third kappa shape index (κ3) is 11.7. The van der Waals surface area contributed by atoms with Crippen molar-refractivity contribution in [3.8, 4) is 0 Å². The Morgan fingerprint density at radius 1 is 0.443 bits per heavy atom. The first-order valence-corrected chi connectivity index (χ1v) is 21.5. The van der Waals surface area contributed by atoms with Gasteiger partial charge < -0.3 is 149 Å². The summed E-state index contributed by atoms with van der Waals surface area (Å²) in [5, 5.41) is 192. The van der Waals surface area contributed by atoms with E-state index < -0.39 is 222 Å². The van der Waals surface area contributed by atoms with E-state index in [1.807, 2.05) is 0 Å². The van der Waals surface area contributed by atoms with Gasteiger partial charge >= 0.3 is 11.9 Å². The van der Waals surface area contributed by atoms with Crippen LogP contribution < -0.4 is 5.32 Å². The number of aliphatic hydroxyl groups excluding tert-OH is 16. The first kappa shape index (κ1) is 56.6. The molecular weight excluding hydrogens is 970 g/mol. The number of carbonyl (C=O) groups is 3. The molecule has 6 fully saturated rings. The van der Waals surface area contributed by atoms with Crippen molar-refractivity contribution in [1.29, 1.82) is 0 Å². The minimum Gasteiger partial charge on any atom is -0.479 e. The Hall–Kier alpha value is -2.67. The molecule has 0 aromatic heterocycles. The first-order chi connectivity index (χ1) is 32.9. The minimum absolute atomic E-state index is 0.558. The Bertz CT molecular complexity index is 1740. The fourth-order valence-electron chi connectivity index (χ4n) is 8.54. The van der Waals surface area contributed by atoms with Crippen LogP contribution in [0.1, 0.15) is 6.92 Å². The van der Waals surface area contributed by atoms with Crippen LogP contribution in [0.25, 0.3) is 0 Å². The molecule has 404 valence electrons. The lowest BCUT2D eigenvalue weighted by Gasteiger charge is -2.50. The second-order valence-corrected chi connectivity index (χ2v) is 17.1. The minimum atomic E-state index is -2.45. The molecule has 0 bridgehead atoms. The predicted molar refractivity (Wildman–Crippen MR) is 206 cm³/mol. The van der Waals surface area contributed by atoms with Crippen LogP contribution in [0.5, 0.6) is 0 Å². The smallest absolute Gasteiger partial charge is 0.335 e. The van der Waals surface area contributed by atoms with E-state index >= 15 is 0 Å². The number of carboxylic acids is 2. The Labute approximate surface area is 392 Å². The maximum Gasteiger partial charge on any atom is 0.335 e. The highest BCUT2D eigenvalue weighted by molar-refractivity contribution is 5.74. The molecule has 0 saturated carbocycles. The highest BCUT2D eigenvalue weighted by Crippen LogP contribution is 2.36. The molecule has 33 nitrogen and oxygen atoms in total. The van der Waals surface area contributed by atoms with E-state index in [0.29, 0.717) is 0 Å². The van der Waals surface area contributed by atoms with Crippen LogP contribution in [0, 0.1) is 0 Å². The summed E-state index contributed by atoms with van der Waals surface area (Å²) in [6.07, 6.45) is -58.1. The van der Waals surface area contributed by atoms with E-state index in [4.69, 9.17) is 52.1 Å². The molecule has 0 aromatic carbocycles. The molecule has 0 spiro atoms. The van der Waals surface area contributed by atoms with Crippen LogP contribution in [0.3, 0.4) is 0 Å². The van der Waals surface area contributed by atoms with Gasteiger partial charge in [-0.05, 0) is 0 Å². The number of carbonyl (C=O) groups excluding carboxylic acids is 1. The van der Waals surface area contributed by atoms with Gasteiger partial charge in [-0.3, -0.25) is 4.79 Å². The molecule has 6 aliphatic rings. The molecular formula is C37H59NO32. The molecule has 6 aliphatic heterocycles. The molecule has 0 unspecified atom stereocenters. The van der Waals surface area contributed by atoms with Crippen LogP contribution in [0.15, 0.2) is 0 Å². The zero-order chi connectivity index (χ0) is 51.8. The van der Waals surface area contributed by atoms with Crippen molar-refractivity contribution in [2.45, 2.75) is 185 Å². The van der Waals surface area contributed by atoms with Crippen LogP contribution in [0.4, 0.5) is 0 Å². The zero-order valence-corrected chi connectivity index (χ0v) is 36.3. The van der Waals surface area contributed by atoms with E-state index in [1.165, 1.54) is 0 Å². The van der Waals surface area contributed by atoms with Gasteiger partial charge in [-0.1, -0.05) is 0 Å². The number of amides is 1. The maximum atomic E-state index is 12.7. The molecule has 0 aliphatic carbocycles. The number of nitrogens with one attached hydrogen (secondary N) is 1. The Morgan fingerprint density at radius 2 is 0.857 bits per heavy atom. The summed E-state index contributed by atoms with van der Waals surface area (Å²) < 4.78 is 60.2. The van der Waals surface area contributed by atoms with Crippen molar-refractivity contribution in [3.63, 3.8) is 0 Å². The number of aliphatic hydroxyl groups is 16. The summed E-state index contributed by atoms with van der Waals surface area (Å²) in [5.41, 5.74) is 0. The van der Waals surface area contributed by atoms with Crippen molar-refractivity contribution < 1.29 is 158 Å². The van der Waals surface area contributed by atoms with Gasteiger partial charge in [0, 0.05) is 6.92 Å². The molecule has 0 radical (unpaired) electrons. The zero-order valence-electron chi connectivity index (χ0n) is 36.3. The third-order valence-electron chi connectivity index (χ3n) is 12.4. The Balaban J connectivity index is 1.20. The van der Waals surface area contributed by atoms with E-state index in [0.717, 1.165) is 6.92 Å². The number of aliphatic carboxylic acids is 2. The maximum absolute atomic E-state index is 12.7. The monoisotopic (exact) mass is 1030 g/mol. The molecule has 29 atom stereocenters. The topological polar surface area (TPSA) is 529 Å². The second-order valence-electron chi connectivity index (χ2n) is 17.1. The summed E-state index contributed by atoms with van der Waals surface area (Å²) in [5.74, 6) is -4.73. The van der Waals surface area contributed by atoms with Crippen molar-refractivity contribution in [3.05, 3.63) is 0 Å². The SMILES string of the molecule is CC(=O)N[C@H]1[C@H](O[C@H]2[C@H](O)[C@@H](O)[C@H](O[C@H]3[C@@H](O)[C@@H](CO)O[C@@H](O[C@H]4[C@@H](O)[C@@H](CO)O[C@@H](O[C@@H]5CO[C@@H](O)[C@H](O)[C@H]5O)[C@@H]4O)[C@@H]3O)O[C@@H]2C(=O)O)O[C@H](CO)[C@H](O)[C@@H]1O[C@@H]1O[C@H](C(=O)O)[C@@H](O)[C@H](O)[C@H]1O. The number of ether oxygens (including phenoxy) is 11. The molecule has 6 heterocycles. The molecule has 6 rings (SSSR count). The van der Waals surface area contributed by atoms with E-state index in [9.17, 15) is 106 Å². The summed E-state index contributed by atoms with van der Waals surface area (Å²) in [6, 6.07) is -1.89. The standard InChI is InChI=1S/C37H59NO32/c1-6(42)38-11-24(65-34-20(51)16(47)17(48)28(69-34)30(55)56)13(44)7(2-39)61-33(11)68-27-18(49)21(52)35(70-29(27)31(57)58)66-26-15(46)9(4-41)63-37(23(26)54)67-25-14(45)8(3-40)62-36(22(25)53)64-10-5-60-32(59)19(50)12(10)43/h7-29,32-37,39-41,43-54,59H,2-5H2,1H3,(H,38,42)(H,55,56)(H,57,58)/t7-,8-,9-,10-,11-,12+,13+,14+,15+,16+,17+,18-,19-,20-,21-,22-,23-,24-,25+,26+,27+,28+,29+,32-,33+,34-,35-,36+,37+/m1/s1. The van der Waals surface area contributed by atoms with Gasteiger partial charge in [-0.25, -0.2) is 9.59 Å². The quantitative estimate of drug-likeness (QED) is 0.0682. The molecule has 19 N–H and O–H groups in total. The summed E-state index contributed by atoms with van der Waals surface area (Å²) in [4.78, 5) is 36.9. The average molecular weight is 1030 g/mol. The average Bonchev–Trinajstić information content (AvgIpc) is 3.31. The lowest BCUT2D eigenvalue weighted by Crippen LogP contribution is -2.70. The number of hydrogen-bond donors (Lipinski definition) is 19. The summed E-state index contributed by atoms with van der Waals surface area (Å²) in [6.45, 7) is -2.75. The first-order valence-electron chi connectivity index (χ1n) is 21.5. The summed E-state index contributed by atoms with van der Waals surface area (Å²) >= 11 is 0. The van der Waals surface area contributed by atoms with E-state index in [1.54, 1.807) is 0 Å². The lowest BCUT2D eigenvalue weighted by molar-refractivity contribution is -0.390.